The van der Waals surface area contributed by atoms with Crippen molar-refractivity contribution in [3.63, 3.8) is 0 Å². The third-order valence-electron chi connectivity index (χ3n) is 5.91. The van der Waals surface area contributed by atoms with Crippen molar-refractivity contribution >= 4 is 5.69 Å². The Kier molecular flexibility index (Phi) is 2.48. The van der Waals surface area contributed by atoms with Gasteiger partial charge in [-0.1, -0.05) is 12.5 Å². The van der Waals surface area contributed by atoms with Crippen molar-refractivity contribution < 1.29 is 14.2 Å². The van der Waals surface area contributed by atoms with Crippen molar-refractivity contribution in [1.82, 2.24) is 0 Å². The lowest BCUT2D eigenvalue weighted by Gasteiger charge is -2.63. The number of para-hydroxylation sites is 1. The molecule has 1 saturated heterocycles. The lowest BCUT2D eigenvalue weighted by atomic mass is 9.46. The summed E-state index contributed by atoms with van der Waals surface area (Å²) in [6, 6.07) is 6.69. The fourth-order valence-corrected chi connectivity index (χ4v) is 4.81. The summed E-state index contributed by atoms with van der Waals surface area (Å²) in [6.07, 6.45) is 5.64. The van der Waals surface area contributed by atoms with Gasteiger partial charge in [-0.25, -0.2) is 0 Å². The number of hydrogen-bond donors (Lipinski definition) is 1. The molecule has 0 amide bonds. The molecule has 2 aliphatic carbocycles. The standard InChI is InChI=1S/C17H21NO3/c1-3-12(14-13(4-1)19-9-10-20-14)18-15-11-5-8-21-16(11)17(15)6-2-7-17/h1,3-4,11,15-16,18H,2,5-10H2/t11-,15+,16-/m0/s1. The molecule has 1 aromatic rings. The predicted molar refractivity (Wildman–Crippen MR) is 79.0 cm³/mol. The zero-order chi connectivity index (χ0) is 13.9. The monoisotopic (exact) mass is 287 g/mol. The van der Waals surface area contributed by atoms with E-state index in [9.17, 15) is 0 Å². The van der Waals surface area contributed by atoms with E-state index in [-0.39, 0.29) is 0 Å². The Morgan fingerprint density at radius 3 is 2.86 bits per heavy atom. The average Bonchev–Trinajstić information content (AvgIpc) is 2.88. The second-order valence-corrected chi connectivity index (χ2v) is 6.78. The molecule has 2 heterocycles. The first-order chi connectivity index (χ1) is 10.4. The highest BCUT2D eigenvalue weighted by molar-refractivity contribution is 5.64. The molecular weight excluding hydrogens is 266 g/mol. The molecule has 2 saturated carbocycles. The number of rotatable bonds is 2. The highest BCUT2D eigenvalue weighted by Crippen LogP contribution is 2.63. The maximum absolute atomic E-state index is 5.99. The van der Waals surface area contributed by atoms with Gasteiger partial charge >= 0.3 is 0 Å². The predicted octanol–water partition coefficient (Wildman–Crippen LogP) is 2.83. The Balaban J connectivity index is 1.45. The van der Waals surface area contributed by atoms with Gasteiger partial charge in [-0.3, -0.25) is 0 Å². The van der Waals surface area contributed by atoms with Gasteiger partial charge in [0.05, 0.1) is 11.8 Å². The zero-order valence-corrected chi connectivity index (χ0v) is 12.1. The molecule has 4 aliphatic rings. The SMILES string of the molecule is c1cc(N[C@@H]2[C@@H]3CCO[C@@H]3C23CCC3)c2c(c1)OCCO2. The van der Waals surface area contributed by atoms with Crippen LogP contribution >= 0.6 is 0 Å². The third kappa shape index (κ3) is 1.54. The Bertz CT molecular complexity index is 569. The van der Waals surface area contributed by atoms with E-state index in [1.807, 2.05) is 12.1 Å². The Labute approximate surface area is 124 Å². The number of anilines is 1. The summed E-state index contributed by atoms with van der Waals surface area (Å²) < 4.78 is 17.5. The van der Waals surface area contributed by atoms with Crippen LogP contribution in [-0.2, 0) is 4.74 Å². The quantitative estimate of drug-likeness (QED) is 0.908. The maximum Gasteiger partial charge on any atom is 0.184 e. The molecule has 0 radical (unpaired) electrons. The molecular formula is C17H21NO3. The lowest BCUT2D eigenvalue weighted by Crippen LogP contribution is -2.68. The van der Waals surface area contributed by atoms with E-state index in [1.54, 1.807) is 0 Å². The number of nitrogens with one attached hydrogen (secondary N) is 1. The molecule has 0 bridgehead atoms. The van der Waals surface area contributed by atoms with Crippen molar-refractivity contribution in [2.75, 3.05) is 25.1 Å². The Morgan fingerprint density at radius 1 is 1.10 bits per heavy atom. The molecule has 0 unspecified atom stereocenters. The Hall–Kier alpha value is -1.42. The van der Waals surface area contributed by atoms with Crippen molar-refractivity contribution in [3.05, 3.63) is 18.2 Å². The molecule has 1 N–H and O–H groups in total. The van der Waals surface area contributed by atoms with Crippen LogP contribution in [0, 0.1) is 11.3 Å². The highest BCUT2D eigenvalue weighted by atomic mass is 16.6. The summed E-state index contributed by atoms with van der Waals surface area (Å²) in [7, 11) is 0. The van der Waals surface area contributed by atoms with Crippen molar-refractivity contribution in [3.8, 4) is 11.5 Å². The molecule has 5 rings (SSSR count). The van der Waals surface area contributed by atoms with E-state index in [4.69, 9.17) is 14.2 Å². The summed E-state index contributed by atoms with van der Waals surface area (Å²) in [6.45, 7) is 2.21. The topological polar surface area (TPSA) is 39.7 Å². The molecule has 21 heavy (non-hydrogen) atoms. The second kappa shape index (κ2) is 4.29. The van der Waals surface area contributed by atoms with E-state index in [1.165, 1.54) is 25.7 Å². The zero-order valence-electron chi connectivity index (χ0n) is 12.1. The van der Waals surface area contributed by atoms with E-state index in [0.717, 1.165) is 23.8 Å². The smallest absolute Gasteiger partial charge is 0.184 e. The largest absolute Gasteiger partial charge is 0.486 e. The number of benzene rings is 1. The average molecular weight is 287 g/mol. The molecule has 4 heteroatoms. The molecule has 4 nitrogen and oxygen atoms in total. The van der Waals surface area contributed by atoms with Crippen LogP contribution in [0.15, 0.2) is 18.2 Å². The molecule has 1 aromatic carbocycles. The number of ether oxygens (including phenoxy) is 3. The fraction of sp³-hybridized carbons (Fsp3) is 0.647. The van der Waals surface area contributed by atoms with Gasteiger partial charge in [0.25, 0.3) is 0 Å². The molecule has 1 spiro atoms. The molecule has 112 valence electrons. The number of hydrogen-bond acceptors (Lipinski definition) is 4. The van der Waals surface area contributed by atoms with Crippen LogP contribution in [0.25, 0.3) is 0 Å². The van der Waals surface area contributed by atoms with Gasteiger partial charge in [-0.2, -0.15) is 0 Å². The van der Waals surface area contributed by atoms with Crippen molar-refractivity contribution in [1.29, 1.82) is 0 Å². The second-order valence-electron chi connectivity index (χ2n) is 6.78. The van der Waals surface area contributed by atoms with Crippen LogP contribution in [-0.4, -0.2) is 32.0 Å². The van der Waals surface area contributed by atoms with Crippen molar-refractivity contribution in [2.24, 2.45) is 11.3 Å². The first-order valence-electron chi connectivity index (χ1n) is 8.15. The van der Waals surface area contributed by atoms with Crippen molar-refractivity contribution in [2.45, 2.75) is 37.8 Å². The van der Waals surface area contributed by atoms with Gasteiger partial charge in [0.2, 0.25) is 0 Å². The summed E-state index contributed by atoms with van der Waals surface area (Å²) in [5, 5.41) is 3.79. The van der Waals surface area contributed by atoms with Crippen LogP contribution in [0.4, 0.5) is 5.69 Å². The van der Waals surface area contributed by atoms with Gasteiger partial charge < -0.3 is 19.5 Å². The van der Waals surface area contributed by atoms with Crippen LogP contribution in [0.2, 0.25) is 0 Å². The van der Waals surface area contributed by atoms with Gasteiger partial charge in [-0.15, -0.1) is 0 Å². The minimum Gasteiger partial charge on any atom is -0.486 e. The highest BCUT2D eigenvalue weighted by Gasteiger charge is 2.66. The number of fused-ring (bicyclic) bond motifs is 3. The first kappa shape index (κ1) is 12.2. The van der Waals surface area contributed by atoms with Gasteiger partial charge in [0, 0.05) is 24.0 Å². The molecule has 3 atom stereocenters. The van der Waals surface area contributed by atoms with E-state index in [2.05, 4.69) is 11.4 Å². The van der Waals surface area contributed by atoms with Gasteiger partial charge in [-0.05, 0) is 31.4 Å². The normalized spacial score (nSPS) is 34.8. The summed E-state index contributed by atoms with van der Waals surface area (Å²) in [5.74, 6) is 2.43. The Morgan fingerprint density at radius 2 is 2.00 bits per heavy atom. The van der Waals surface area contributed by atoms with Gasteiger partial charge in [0.1, 0.15) is 13.2 Å². The third-order valence-corrected chi connectivity index (χ3v) is 5.91. The lowest BCUT2D eigenvalue weighted by molar-refractivity contribution is -0.158. The van der Waals surface area contributed by atoms with Crippen LogP contribution in [0.1, 0.15) is 25.7 Å². The van der Waals surface area contributed by atoms with E-state index < -0.39 is 0 Å². The van der Waals surface area contributed by atoms with E-state index >= 15 is 0 Å². The van der Waals surface area contributed by atoms with Crippen LogP contribution in [0.3, 0.4) is 0 Å². The van der Waals surface area contributed by atoms with E-state index in [0.29, 0.717) is 36.7 Å². The molecule has 3 fully saturated rings. The van der Waals surface area contributed by atoms with Crippen LogP contribution in [0.5, 0.6) is 11.5 Å². The minimum absolute atomic E-state index is 0.388. The van der Waals surface area contributed by atoms with Crippen LogP contribution < -0.4 is 14.8 Å². The summed E-state index contributed by atoms with van der Waals surface area (Å²) >= 11 is 0. The fourth-order valence-electron chi connectivity index (χ4n) is 4.81. The molecule has 0 aromatic heterocycles. The summed E-state index contributed by atoms with van der Waals surface area (Å²) in [4.78, 5) is 0. The minimum atomic E-state index is 0.388. The molecule has 2 aliphatic heterocycles. The first-order valence-corrected chi connectivity index (χ1v) is 8.15. The summed E-state index contributed by atoms with van der Waals surface area (Å²) in [5.41, 5.74) is 1.48. The maximum atomic E-state index is 5.99. The van der Waals surface area contributed by atoms with Gasteiger partial charge in [0.15, 0.2) is 11.5 Å².